The summed E-state index contributed by atoms with van der Waals surface area (Å²) in [5.74, 6) is -0.571. The van der Waals surface area contributed by atoms with Crippen molar-refractivity contribution >= 4 is 46.5 Å². The van der Waals surface area contributed by atoms with Crippen molar-refractivity contribution in [1.29, 1.82) is 0 Å². The maximum atomic E-state index is 11.2. The van der Waals surface area contributed by atoms with Gasteiger partial charge in [0.1, 0.15) is 5.03 Å². The molecule has 6 nitrogen and oxygen atoms in total. The third-order valence-electron chi connectivity index (χ3n) is 1.93. The molecule has 0 fully saturated rings. The van der Waals surface area contributed by atoms with E-state index in [0.717, 1.165) is 8.68 Å². The van der Waals surface area contributed by atoms with Crippen LogP contribution in [0.15, 0.2) is 26.0 Å². The summed E-state index contributed by atoms with van der Waals surface area (Å²) < 4.78 is 1.63. The van der Waals surface area contributed by atoms with E-state index in [2.05, 4.69) is 15.2 Å². The van der Waals surface area contributed by atoms with Crippen molar-refractivity contribution in [2.24, 2.45) is 5.73 Å². The number of thioether (sulfide) groups is 1. The second-order valence-corrected chi connectivity index (χ2v) is 6.41. The predicted molar refractivity (Wildman–Crippen MR) is 73.0 cm³/mol. The lowest BCUT2D eigenvalue weighted by Gasteiger charge is -2.02. The number of anilines is 1. The Morgan fingerprint density at radius 2 is 2.11 bits per heavy atom. The van der Waals surface area contributed by atoms with Gasteiger partial charge >= 0.3 is 0 Å². The number of aromatic nitrogens is 3. The van der Waals surface area contributed by atoms with Gasteiger partial charge in [0.15, 0.2) is 8.68 Å². The molecule has 2 rings (SSSR count). The zero-order valence-electron chi connectivity index (χ0n) is 9.28. The number of nitrogen functional groups attached to an aromatic ring is 1. The molecule has 0 atom stereocenters. The van der Waals surface area contributed by atoms with Crippen molar-refractivity contribution in [2.45, 2.75) is 13.7 Å². The minimum Gasteiger partial charge on any atom is -0.397 e. The maximum Gasteiger partial charge on any atom is 0.250 e. The summed E-state index contributed by atoms with van der Waals surface area (Å²) >= 11 is 4.31. The van der Waals surface area contributed by atoms with Crippen LogP contribution in [0, 0.1) is 0 Å². The second-order valence-electron chi connectivity index (χ2n) is 3.11. The summed E-state index contributed by atoms with van der Waals surface area (Å²) in [6.07, 6.45) is 3.35. The first-order valence-electron chi connectivity index (χ1n) is 4.71. The molecule has 2 aromatic rings. The minimum atomic E-state index is -0.571. The Balaban J connectivity index is 2.24. The van der Waals surface area contributed by atoms with Gasteiger partial charge in [-0.3, -0.25) is 4.79 Å². The van der Waals surface area contributed by atoms with Crippen LogP contribution in [0.2, 0.25) is 0 Å². The van der Waals surface area contributed by atoms with E-state index in [4.69, 9.17) is 11.5 Å². The Bertz CT molecular complexity index is 585. The van der Waals surface area contributed by atoms with E-state index < -0.39 is 5.91 Å². The molecule has 0 aromatic carbocycles. The number of carbonyl (C=O) groups is 1. The number of rotatable bonds is 4. The number of nitrogens with zero attached hydrogens (tertiary/aromatic N) is 3. The first kappa shape index (κ1) is 13.1. The van der Waals surface area contributed by atoms with Gasteiger partial charge in [0, 0.05) is 0 Å². The molecule has 1 amide bonds. The van der Waals surface area contributed by atoms with Crippen molar-refractivity contribution in [3.8, 4) is 0 Å². The zero-order valence-corrected chi connectivity index (χ0v) is 11.7. The average Bonchev–Trinajstić information content (AvgIpc) is 2.79. The summed E-state index contributed by atoms with van der Waals surface area (Å²) in [5.41, 5.74) is 11.4. The average molecular weight is 299 g/mol. The van der Waals surface area contributed by atoms with E-state index >= 15 is 0 Å². The zero-order chi connectivity index (χ0) is 13.1. The van der Waals surface area contributed by atoms with E-state index in [0.29, 0.717) is 5.03 Å². The van der Waals surface area contributed by atoms with E-state index in [-0.39, 0.29) is 11.3 Å². The fourth-order valence-corrected chi connectivity index (χ4v) is 3.49. The maximum absolute atomic E-state index is 11.2. The first-order chi connectivity index (χ1) is 8.60. The van der Waals surface area contributed by atoms with Gasteiger partial charge in [-0.25, -0.2) is 4.98 Å². The van der Waals surface area contributed by atoms with Crippen LogP contribution in [-0.2, 0) is 0 Å². The summed E-state index contributed by atoms with van der Waals surface area (Å²) in [5, 5.41) is 8.59. The molecule has 0 bridgehead atoms. The Morgan fingerprint density at radius 1 is 1.39 bits per heavy atom. The molecule has 18 heavy (non-hydrogen) atoms. The molecular weight excluding hydrogens is 290 g/mol. The monoisotopic (exact) mass is 299 g/mol. The van der Waals surface area contributed by atoms with Crippen LogP contribution in [0.25, 0.3) is 0 Å². The van der Waals surface area contributed by atoms with Crippen LogP contribution in [0.3, 0.4) is 0 Å². The van der Waals surface area contributed by atoms with Crippen LogP contribution in [0.4, 0.5) is 5.69 Å². The molecule has 2 aromatic heterocycles. The SMILES string of the molecule is CSc1nnc(Sc2cc(C(N)=O)c(N)cn2)s1. The van der Waals surface area contributed by atoms with Crippen LogP contribution >= 0.6 is 34.9 Å². The molecule has 4 N–H and O–H groups in total. The molecule has 2 heterocycles. The van der Waals surface area contributed by atoms with Gasteiger partial charge < -0.3 is 11.5 Å². The van der Waals surface area contributed by atoms with Crippen LogP contribution in [-0.4, -0.2) is 27.3 Å². The summed E-state index contributed by atoms with van der Waals surface area (Å²) in [6, 6.07) is 1.56. The third kappa shape index (κ3) is 2.92. The standard InChI is InChI=1S/C9H9N5OS3/c1-16-8-13-14-9(18-8)17-6-2-4(7(11)15)5(10)3-12-6/h2-3H,10H2,1H3,(H2,11,15). The highest BCUT2D eigenvalue weighted by Crippen LogP contribution is 2.32. The van der Waals surface area contributed by atoms with Gasteiger partial charge in [-0.15, -0.1) is 10.2 Å². The number of amides is 1. The molecule has 0 spiro atoms. The van der Waals surface area contributed by atoms with Crippen LogP contribution in [0.5, 0.6) is 0 Å². The van der Waals surface area contributed by atoms with Gasteiger partial charge in [-0.05, 0) is 24.1 Å². The Hall–Kier alpha value is -1.32. The molecule has 0 saturated heterocycles. The number of hydrogen-bond donors (Lipinski definition) is 2. The van der Waals surface area contributed by atoms with Gasteiger partial charge in [0.2, 0.25) is 0 Å². The Labute approximate surface area is 116 Å². The van der Waals surface area contributed by atoms with Crippen molar-refractivity contribution in [3.05, 3.63) is 17.8 Å². The highest BCUT2D eigenvalue weighted by atomic mass is 32.2. The summed E-state index contributed by atoms with van der Waals surface area (Å²) in [4.78, 5) is 15.3. The fourth-order valence-electron chi connectivity index (χ4n) is 1.13. The normalized spacial score (nSPS) is 10.5. The largest absolute Gasteiger partial charge is 0.397 e. The van der Waals surface area contributed by atoms with Crippen LogP contribution < -0.4 is 11.5 Å². The number of primary amides is 1. The lowest BCUT2D eigenvalue weighted by molar-refractivity contribution is 0.100. The third-order valence-corrected chi connectivity index (χ3v) is 4.81. The number of hydrogen-bond acceptors (Lipinski definition) is 8. The van der Waals surface area contributed by atoms with E-state index in [1.54, 1.807) is 6.07 Å². The first-order valence-corrected chi connectivity index (χ1v) is 7.56. The van der Waals surface area contributed by atoms with Gasteiger partial charge in [-0.1, -0.05) is 23.1 Å². The lowest BCUT2D eigenvalue weighted by Crippen LogP contribution is -2.13. The summed E-state index contributed by atoms with van der Waals surface area (Å²) in [7, 11) is 0. The Kier molecular flexibility index (Phi) is 4.04. The molecule has 0 aliphatic rings. The highest BCUT2D eigenvalue weighted by molar-refractivity contribution is 8.02. The number of nitrogens with two attached hydrogens (primary N) is 2. The van der Waals surface area contributed by atoms with Gasteiger partial charge in [0.25, 0.3) is 5.91 Å². The van der Waals surface area contributed by atoms with Crippen molar-refractivity contribution < 1.29 is 4.79 Å². The molecule has 0 saturated carbocycles. The van der Waals surface area contributed by atoms with E-state index in [1.807, 2.05) is 6.26 Å². The van der Waals surface area contributed by atoms with E-state index in [9.17, 15) is 4.79 Å². The molecular formula is C9H9N5OS3. The molecule has 0 aliphatic carbocycles. The van der Waals surface area contributed by atoms with Crippen LogP contribution in [0.1, 0.15) is 10.4 Å². The minimum absolute atomic E-state index is 0.266. The summed E-state index contributed by atoms with van der Waals surface area (Å²) in [6.45, 7) is 0. The lowest BCUT2D eigenvalue weighted by atomic mass is 10.2. The predicted octanol–water partition coefficient (Wildman–Crippen LogP) is 1.49. The molecule has 0 unspecified atom stereocenters. The smallest absolute Gasteiger partial charge is 0.250 e. The highest BCUT2D eigenvalue weighted by Gasteiger charge is 2.11. The quantitative estimate of drug-likeness (QED) is 0.823. The molecule has 94 valence electrons. The van der Waals surface area contributed by atoms with Crippen molar-refractivity contribution in [1.82, 2.24) is 15.2 Å². The fraction of sp³-hybridized carbons (Fsp3) is 0.111. The van der Waals surface area contributed by atoms with Gasteiger partial charge in [0.05, 0.1) is 17.4 Å². The van der Waals surface area contributed by atoms with Gasteiger partial charge in [-0.2, -0.15) is 0 Å². The molecule has 0 radical (unpaired) electrons. The number of carbonyl (C=O) groups excluding carboxylic acids is 1. The second kappa shape index (κ2) is 5.55. The Morgan fingerprint density at radius 3 is 2.72 bits per heavy atom. The molecule has 0 aliphatic heterocycles. The number of pyridine rings is 1. The van der Waals surface area contributed by atoms with Crippen molar-refractivity contribution in [2.75, 3.05) is 12.0 Å². The topological polar surface area (TPSA) is 108 Å². The van der Waals surface area contributed by atoms with E-state index in [1.165, 1.54) is 41.1 Å². The van der Waals surface area contributed by atoms with Crippen molar-refractivity contribution in [3.63, 3.8) is 0 Å². The molecule has 9 heteroatoms.